The fourth-order valence-corrected chi connectivity index (χ4v) is 5.58. The number of likely N-dealkylation sites (tertiary alicyclic amines) is 1. The van der Waals surface area contributed by atoms with E-state index in [4.69, 9.17) is 5.73 Å². The first kappa shape index (κ1) is 26.0. The summed E-state index contributed by atoms with van der Waals surface area (Å²) in [6, 6.07) is 26.9. The van der Waals surface area contributed by atoms with E-state index in [1.54, 1.807) is 17.0 Å². The molecule has 1 saturated heterocycles. The molecule has 204 valence electrons. The smallest absolute Gasteiger partial charge is 0.254 e. The first-order chi connectivity index (χ1) is 19.6. The Bertz CT molecular complexity index is 1410. The Morgan fingerprint density at radius 1 is 0.925 bits per heavy atom. The monoisotopic (exact) mass is 534 g/mol. The second-order valence-electron chi connectivity index (χ2n) is 10.8. The molecule has 2 aliphatic rings. The molecule has 0 radical (unpaired) electrons. The summed E-state index contributed by atoms with van der Waals surface area (Å²) in [6.45, 7) is 1.23. The molecule has 1 aliphatic carbocycles. The lowest BCUT2D eigenvalue weighted by atomic mass is 9.91. The van der Waals surface area contributed by atoms with Crippen LogP contribution < -0.4 is 11.1 Å². The summed E-state index contributed by atoms with van der Waals surface area (Å²) in [7, 11) is 0. The van der Waals surface area contributed by atoms with E-state index in [-0.39, 0.29) is 23.8 Å². The Labute approximate surface area is 234 Å². The molecule has 1 aromatic heterocycles. The van der Waals surface area contributed by atoms with E-state index < -0.39 is 6.04 Å². The molecule has 1 aliphatic heterocycles. The fourth-order valence-electron chi connectivity index (χ4n) is 5.58. The van der Waals surface area contributed by atoms with Gasteiger partial charge in [0.25, 0.3) is 5.91 Å². The van der Waals surface area contributed by atoms with Gasteiger partial charge in [-0.1, -0.05) is 78.0 Å². The van der Waals surface area contributed by atoms with Gasteiger partial charge in [0.1, 0.15) is 6.04 Å². The van der Waals surface area contributed by atoms with E-state index in [9.17, 15) is 9.59 Å². The normalized spacial score (nSPS) is 18.7. The molecule has 2 heterocycles. The van der Waals surface area contributed by atoms with Gasteiger partial charge in [-0.05, 0) is 41.7 Å². The van der Waals surface area contributed by atoms with Gasteiger partial charge in [-0.3, -0.25) is 9.59 Å². The minimum Gasteiger partial charge on any atom is -0.353 e. The average Bonchev–Trinajstić information content (AvgIpc) is 3.56. The Hall–Kier alpha value is -4.30. The van der Waals surface area contributed by atoms with Crippen LogP contribution in [0.25, 0.3) is 0 Å². The topological polar surface area (TPSA) is 106 Å². The number of amides is 2. The maximum absolute atomic E-state index is 13.8. The number of hydrogen-bond donors (Lipinski definition) is 2. The van der Waals surface area contributed by atoms with E-state index in [1.165, 1.54) is 0 Å². The molecular formula is C32H34N6O2. The number of benzene rings is 3. The zero-order valence-electron chi connectivity index (χ0n) is 22.4. The Balaban J connectivity index is 1.23. The quantitative estimate of drug-likeness (QED) is 0.337. The van der Waals surface area contributed by atoms with Crippen LogP contribution in [0.3, 0.4) is 0 Å². The molecule has 1 saturated carbocycles. The van der Waals surface area contributed by atoms with E-state index in [0.29, 0.717) is 37.5 Å². The molecule has 40 heavy (non-hydrogen) atoms. The number of carbonyl (C=O) groups excluding carboxylic acids is 2. The maximum Gasteiger partial charge on any atom is 0.254 e. The van der Waals surface area contributed by atoms with Crippen LogP contribution in [0.15, 0.2) is 91.1 Å². The molecule has 0 bridgehead atoms. The molecule has 0 spiro atoms. The van der Waals surface area contributed by atoms with Gasteiger partial charge in [0, 0.05) is 49.7 Å². The summed E-state index contributed by atoms with van der Waals surface area (Å²) in [5.41, 5.74) is 10.5. The SMILES string of the molecule is NCc1ccc(C(=O)N2C[C@@H](n3cc(C4CC4)nn3)C[C@H]2C(=O)NCC(c2ccccc2)c2ccccc2)cc1. The van der Waals surface area contributed by atoms with Crippen molar-refractivity contribution in [3.05, 3.63) is 119 Å². The van der Waals surface area contributed by atoms with Crippen LogP contribution in [-0.4, -0.2) is 50.8 Å². The predicted octanol–water partition coefficient (Wildman–Crippen LogP) is 4.02. The van der Waals surface area contributed by atoms with E-state index in [2.05, 4.69) is 39.9 Å². The van der Waals surface area contributed by atoms with Crippen LogP contribution in [0.2, 0.25) is 0 Å². The summed E-state index contributed by atoms with van der Waals surface area (Å²) in [6.07, 6.45) is 4.75. The number of rotatable bonds is 9. The zero-order valence-corrected chi connectivity index (χ0v) is 22.4. The highest BCUT2D eigenvalue weighted by molar-refractivity contribution is 5.98. The second kappa shape index (κ2) is 11.4. The highest BCUT2D eigenvalue weighted by Gasteiger charge is 2.41. The minimum absolute atomic E-state index is 0.00655. The van der Waals surface area contributed by atoms with Crippen molar-refractivity contribution in [2.75, 3.05) is 13.1 Å². The van der Waals surface area contributed by atoms with Crippen LogP contribution in [0.4, 0.5) is 0 Å². The molecule has 3 N–H and O–H groups in total. The third-order valence-electron chi connectivity index (χ3n) is 8.06. The average molecular weight is 535 g/mol. The van der Waals surface area contributed by atoms with Gasteiger partial charge in [0.15, 0.2) is 0 Å². The van der Waals surface area contributed by atoms with Crippen LogP contribution in [0, 0.1) is 0 Å². The Morgan fingerprint density at radius 3 is 2.17 bits per heavy atom. The van der Waals surface area contributed by atoms with Crippen molar-refractivity contribution in [1.82, 2.24) is 25.2 Å². The lowest BCUT2D eigenvalue weighted by Crippen LogP contribution is -2.46. The van der Waals surface area contributed by atoms with Crippen LogP contribution in [-0.2, 0) is 11.3 Å². The largest absolute Gasteiger partial charge is 0.353 e. The number of nitrogens with zero attached hydrogens (tertiary/aromatic N) is 4. The molecule has 6 rings (SSSR count). The highest BCUT2D eigenvalue weighted by Crippen LogP contribution is 2.39. The molecule has 8 nitrogen and oxygen atoms in total. The van der Waals surface area contributed by atoms with Crippen molar-refractivity contribution in [1.29, 1.82) is 0 Å². The van der Waals surface area contributed by atoms with Gasteiger partial charge < -0.3 is 16.0 Å². The van der Waals surface area contributed by atoms with E-state index >= 15 is 0 Å². The molecule has 3 aromatic carbocycles. The third-order valence-corrected chi connectivity index (χ3v) is 8.06. The number of nitrogens with two attached hydrogens (primary N) is 1. The van der Waals surface area contributed by atoms with Crippen molar-refractivity contribution in [2.24, 2.45) is 5.73 Å². The zero-order chi connectivity index (χ0) is 27.5. The second-order valence-corrected chi connectivity index (χ2v) is 10.8. The summed E-state index contributed by atoms with van der Waals surface area (Å²) >= 11 is 0. The Morgan fingerprint density at radius 2 is 1.57 bits per heavy atom. The number of aromatic nitrogens is 3. The van der Waals surface area contributed by atoms with Crippen LogP contribution in [0.1, 0.15) is 69.9 Å². The van der Waals surface area contributed by atoms with Gasteiger partial charge in [-0.2, -0.15) is 0 Å². The predicted molar refractivity (Wildman–Crippen MR) is 153 cm³/mol. The van der Waals surface area contributed by atoms with Crippen molar-refractivity contribution in [2.45, 2.75) is 49.7 Å². The van der Waals surface area contributed by atoms with Crippen molar-refractivity contribution < 1.29 is 9.59 Å². The van der Waals surface area contributed by atoms with Crippen molar-refractivity contribution in [3.8, 4) is 0 Å². The molecule has 2 fully saturated rings. The van der Waals surface area contributed by atoms with Gasteiger partial charge in [0.2, 0.25) is 5.91 Å². The number of nitrogens with one attached hydrogen (secondary N) is 1. The minimum atomic E-state index is -0.618. The summed E-state index contributed by atoms with van der Waals surface area (Å²) in [5, 5.41) is 11.9. The van der Waals surface area contributed by atoms with Gasteiger partial charge in [-0.25, -0.2) is 4.68 Å². The lowest BCUT2D eigenvalue weighted by molar-refractivity contribution is -0.124. The molecular weight excluding hydrogens is 500 g/mol. The van der Waals surface area contributed by atoms with Crippen LogP contribution >= 0.6 is 0 Å². The Kier molecular flexibility index (Phi) is 7.42. The molecule has 2 atom stereocenters. The van der Waals surface area contributed by atoms with Gasteiger partial charge in [-0.15, -0.1) is 5.10 Å². The van der Waals surface area contributed by atoms with Crippen LogP contribution in [0.5, 0.6) is 0 Å². The molecule has 0 unspecified atom stereocenters. The lowest BCUT2D eigenvalue weighted by Gasteiger charge is -2.25. The number of carbonyl (C=O) groups is 2. The maximum atomic E-state index is 13.8. The van der Waals surface area contributed by atoms with Crippen molar-refractivity contribution in [3.63, 3.8) is 0 Å². The molecule has 8 heteroatoms. The third kappa shape index (κ3) is 5.53. The van der Waals surface area contributed by atoms with E-state index in [1.807, 2.05) is 59.4 Å². The van der Waals surface area contributed by atoms with Crippen molar-refractivity contribution >= 4 is 11.8 Å². The van der Waals surface area contributed by atoms with E-state index in [0.717, 1.165) is 35.2 Å². The molecule has 2 amide bonds. The fraction of sp³-hybridized carbons (Fsp3) is 0.312. The summed E-state index contributed by atoms with van der Waals surface area (Å²) < 4.78 is 1.84. The van der Waals surface area contributed by atoms with Gasteiger partial charge >= 0.3 is 0 Å². The molecule has 4 aromatic rings. The summed E-state index contributed by atoms with van der Waals surface area (Å²) in [5.74, 6) is 0.152. The summed E-state index contributed by atoms with van der Waals surface area (Å²) in [4.78, 5) is 29.2. The standard InChI is InChI=1S/C32H34N6O2/c33-18-22-11-13-26(14-12-22)32(40)37-20-27(38-21-29(35-36-38)25-15-16-25)17-30(37)31(39)34-19-28(23-7-3-1-4-8-23)24-9-5-2-6-10-24/h1-14,21,25,27-28,30H,15-20,33H2,(H,34,39)/t27-,30-/m0/s1. The first-order valence-corrected chi connectivity index (χ1v) is 14.0. The first-order valence-electron chi connectivity index (χ1n) is 14.0. The van der Waals surface area contributed by atoms with Gasteiger partial charge in [0.05, 0.1) is 11.7 Å². The highest BCUT2D eigenvalue weighted by atomic mass is 16.2. The number of hydrogen-bond acceptors (Lipinski definition) is 5.